The zero-order chi connectivity index (χ0) is 42.2. The standard InChI is InChI=1S/C51H55N3O6/c1-9-52(10-2)36-15-13-30-24-38(47(55)58-42(30)28-36)32-21-33(39-25-31-14-16-37(53(11-3)12-4)29-43(31)59-48(39)56)23-34(22-32)40-26-35-27-41-45-44(46(35)60-49(40)57)51(7,8)18-20-54(45)19-17-50(41,5)6/h13-16,21-29,47,55H,9-12,17-20H2,1-8H3. The van der Waals surface area contributed by atoms with Gasteiger partial charge in [0.1, 0.15) is 16.9 Å². The summed E-state index contributed by atoms with van der Waals surface area (Å²) in [5, 5.41) is 13.3. The molecule has 0 amide bonds. The lowest BCUT2D eigenvalue weighted by molar-refractivity contribution is 0.0320. The summed E-state index contributed by atoms with van der Waals surface area (Å²) in [6.07, 6.45) is 2.61. The fourth-order valence-electron chi connectivity index (χ4n) is 9.72. The van der Waals surface area contributed by atoms with Crippen LogP contribution in [0.1, 0.15) is 90.5 Å². The minimum atomic E-state index is -1.31. The van der Waals surface area contributed by atoms with Crippen LogP contribution in [0.2, 0.25) is 0 Å². The number of rotatable bonds is 9. The molecule has 3 aliphatic rings. The van der Waals surface area contributed by atoms with Crippen LogP contribution in [0.3, 0.4) is 0 Å². The summed E-state index contributed by atoms with van der Waals surface area (Å²) in [4.78, 5) is 35.3. The van der Waals surface area contributed by atoms with Crippen molar-refractivity contribution in [1.82, 2.24) is 0 Å². The first-order valence-electron chi connectivity index (χ1n) is 21.6. The molecule has 310 valence electrons. The number of anilines is 3. The van der Waals surface area contributed by atoms with Gasteiger partial charge in [0.05, 0.1) is 11.1 Å². The van der Waals surface area contributed by atoms with Crippen molar-refractivity contribution in [2.75, 3.05) is 54.0 Å². The predicted octanol–water partition coefficient (Wildman–Crippen LogP) is 10.3. The van der Waals surface area contributed by atoms with E-state index in [9.17, 15) is 14.7 Å². The van der Waals surface area contributed by atoms with Gasteiger partial charge >= 0.3 is 11.3 Å². The molecule has 0 aliphatic carbocycles. The molecule has 6 aromatic rings. The highest BCUT2D eigenvalue weighted by Gasteiger charge is 2.42. The quantitative estimate of drug-likeness (QED) is 0.143. The van der Waals surface area contributed by atoms with Crippen molar-refractivity contribution >= 4 is 50.6 Å². The number of aliphatic hydroxyl groups is 1. The molecule has 5 heterocycles. The van der Waals surface area contributed by atoms with Gasteiger partial charge in [0.15, 0.2) is 0 Å². The third-order valence-corrected chi connectivity index (χ3v) is 13.4. The Kier molecular flexibility index (Phi) is 9.73. The molecular formula is C51H55N3O6. The van der Waals surface area contributed by atoms with Gasteiger partial charge in [-0.2, -0.15) is 0 Å². The van der Waals surface area contributed by atoms with Crippen molar-refractivity contribution in [2.45, 2.75) is 85.4 Å². The molecule has 60 heavy (non-hydrogen) atoms. The zero-order valence-corrected chi connectivity index (χ0v) is 36.1. The van der Waals surface area contributed by atoms with Crippen molar-refractivity contribution in [2.24, 2.45) is 0 Å². The summed E-state index contributed by atoms with van der Waals surface area (Å²) >= 11 is 0. The summed E-state index contributed by atoms with van der Waals surface area (Å²) in [5.74, 6) is 0.582. The van der Waals surface area contributed by atoms with E-state index >= 15 is 0 Å². The van der Waals surface area contributed by atoms with Crippen LogP contribution in [0.4, 0.5) is 17.1 Å². The molecule has 0 bridgehead atoms. The highest BCUT2D eigenvalue weighted by atomic mass is 16.6. The number of hydrogen-bond acceptors (Lipinski definition) is 9. The summed E-state index contributed by atoms with van der Waals surface area (Å²) in [7, 11) is 0. The molecule has 1 atom stereocenters. The van der Waals surface area contributed by atoms with Gasteiger partial charge in [-0.15, -0.1) is 0 Å². The van der Waals surface area contributed by atoms with Crippen LogP contribution in [0.5, 0.6) is 5.75 Å². The summed E-state index contributed by atoms with van der Waals surface area (Å²) in [6, 6.07) is 23.5. The van der Waals surface area contributed by atoms with Gasteiger partial charge in [-0.25, -0.2) is 9.59 Å². The SMILES string of the molecule is CCN(CC)c1ccc2c(c1)OC(O)C(c1cc(-c3cc4ccc(N(CC)CC)cc4oc3=O)cc(-c3cc4cc5c6c(c4oc3=O)C(C)(C)CCN6CCC5(C)C)c1)=C2. The summed E-state index contributed by atoms with van der Waals surface area (Å²) in [5.41, 5.74) is 9.18. The topological polar surface area (TPSA) is 99.6 Å². The maximum Gasteiger partial charge on any atom is 0.344 e. The van der Waals surface area contributed by atoms with Gasteiger partial charge in [-0.05, 0) is 140 Å². The van der Waals surface area contributed by atoms with E-state index in [1.807, 2.05) is 66.7 Å². The second kappa shape index (κ2) is 14.7. The van der Waals surface area contributed by atoms with Gasteiger partial charge in [-0.1, -0.05) is 27.7 Å². The molecule has 3 aliphatic heterocycles. The molecule has 9 nitrogen and oxygen atoms in total. The Morgan fingerprint density at radius 1 is 0.683 bits per heavy atom. The molecule has 0 radical (unpaired) electrons. The predicted molar refractivity (Wildman–Crippen MR) is 245 cm³/mol. The average Bonchev–Trinajstić information content (AvgIpc) is 3.22. The van der Waals surface area contributed by atoms with E-state index in [0.717, 1.165) is 85.4 Å². The van der Waals surface area contributed by atoms with Crippen molar-refractivity contribution in [3.8, 4) is 28.0 Å². The Balaban J connectivity index is 1.25. The first-order valence-corrected chi connectivity index (χ1v) is 21.6. The molecule has 0 saturated heterocycles. The molecule has 4 aromatic carbocycles. The van der Waals surface area contributed by atoms with Crippen LogP contribution in [0.15, 0.2) is 91.2 Å². The summed E-state index contributed by atoms with van der Waals surface area (Å²) in [6.45, 7) is 22.8. The Morgan fingerprint density at radius 3 is 1.93 bits per heavy atom. The molecule has 0 fully saturated rings. The summed E-state index contributed by atoms with van der Waals surface area (Å²) < 4.78 is 18.7. The normalized spacial score (nSPS) is 17.5. The van der Waals surface area contributed by atoms with Crippen LogP contribution >= 0.6 is 0 Å². The minimum absolute atomic E-state index is 0.0617. The van der Waals surface area contributed by atoms with E-state index in [2.05, 4.69) is 82.2 Å². The number of nitrogens with zero attached hydrogens (tertiary/aromatic N) is 3. The Morgan fingerprint density at radius 2 is 1.27 bits per heavy atom. The molecule has 1 N–H and O–H groups in total. The second-order valence-corrected chi connectivity index (χ2v) is 17.9. The van der Waals surface area contributed by atoms with Crippen molar-refractivity contribution < 1.29 is 18.7 Å². The average molecular weight is 806 g/mol. The maximum absolute atomic E-state index is 14.4. The third kappa shape index (κ3) is 6.58. The first kappa shape index (κ1) is 39.6. The Bertz CT molecular complexity index is 2840. The van der Waals surface area contributed by atoms with E-state index < -0.39 is 17.5 Å². The molecule has 2 aromatic heterocycles. The number of aliphatic hydroxyl groups excluding tert-OH is 1. The fraction of sp³-hybridized carbons (Fsp3) is 0.373. The first-order chi connectivity index (χ1) is 28.7. The molecule has 9 rings (SSSR count). The fourth-order valence-corrected chi connectivity index (χ4v) is 9.72. The van der Waals surface area contributed by atoms with Gasteiger partial charge in [0.25, 0.3) is 0 Å². The molecular weight excluding hydrogens is 751 g/mol. The Labute approximate surface area is 351 Å². The molecule has 1 unspecified atom stereocenters. The van der Waals surface area contributed by atoms with Crippen LogP contribution < -0.4 is 30.7 Å². The lowest BCUT2D eigenvalue weighted by Crippen LogP contribution is -2.44. The van der Waals surface area contributed by atoms with Gasteiger partial charge in [-0.3, -0.25) is 0 Å². The lowest BCUT2D eigenvalue weighted by atomic mass is 9.69. The number of hydrogen-bond donors (Lipinski definition) is 1. The number of fused-ring (bicyclic) bond motifs is 4. The van der Waals surface area contributed by atoms with Gasteiger partial charge in [0.2, 0.25) is 6.29 Å². The van der Waals surface area contributed by atoms with E-state index in [1.54, 1.807) is 0 Å². The van der Waals surface area contributed by atoms with Crippen molar-refractivity contribution in [3.63, 3.8) is 0 Å². The van der Waals surface area contributed by atoms with E-state index in [-0.39, 0.29) is 10.8 Å². The molecule has 0 saturated carbocycles. The van der Waals surface area contributed by atoms with Crippen LogP contribution in [-0.2, 0) is 10.8 Å². The van der Waals surface area contributed by atoms with E-state index in [0.29, 0.717) is 50.3 Å². The van der Waals surface area contributed by atoms with Gasteiger partial charge < -0.3 is 33.4 Å². The maximum atomic E-state index is 14.4. The van der Waals surface area contributed by atoms with Crippen LogP contribution in [0, 0.1) is 0 Å². The number of ether oxygens (including phenoxy) is 1. The van der Waals surface area contributed by atoms with Gasteiger partial charge in [0, 0.05) is 95.9 Å². The minimum Gasteiger partial charge on any atom is -0.460 e. The molecule has 0 spiro atoms. The molecule has 9 heteroatoms. The van der Waals surface area contributed by atoms with Crippen LogP contribution in [0.25, 0.3) is 55.8 Å². The Hall–Kier alpha value is -5.80. The van der Waals surface area contributed by atoms with E-state index in [4.69, 9.17) is 13.6 Å². The third-order valence-electron chi connectivity index (χ3n) is 13.4. The highest BCUT2D eigenvalue weighted by molar-refractivity contribution is 5.95. The van der Waals surface area contributed by atoms with E-state index in [1.165, 1.54) is 11.3 Å². The number of benzene rings is 4. The largest absolute Gasteiger partial charge is 0.460 e. The van der Waals surface area contributed by atoms with Crippen molar-refractivity contribution in [1.29, 1.82) is 0 Å². The lowest BCUT2D eigenvalue weighted by Gasteiger charge is -2.48. The monoisotopic (exact) mass is 805 g/mol. The zero-order valence-electron chi connectivity index (χ0n) is 36.1. The smallest absolute Gasteiger partial charge is 0.344 e. The highest BCUT2D eigenvalue weighted by Crippen LogP contribution is 2.52. The van der Waals surface area contributed by atoms with Crippen LogP contribution in [-0.4, -0.2) is 50.7 Å². The second-order valence-electron chi connectivity index (χ2n) is 17.9. The van der Waals surface area contributed by atoms with Crippen molar-refractivity contribution in [3.05, 3.63) is 116 Å².